The van der Waals surface area contributed by atoms with E-state index in [2.05, 4.69) is 20.1 Å². The zero-order chi connectivity index (χ0) is 15.5. The Morgan fingerprint density at radius 2 is 2.00 bits per heavy atom. The summed E-state index contributed by atoms with van der Waals surface area (Å²) in [6.07, 6.45) is 5.62. The Hall–Kier alpha value is -3.09. The van der Waals surface area contributed by atoms with Crippen molar-refractivity contribution in [1.82, 2.24) is 24.7 Å². The van der Waals surface area contributed by atoms with Crippen LogP contribution in [0.1, 0.15) is 23.2 Å². The molecule has 0 spiro atoms. The van der Waals surface area contributed by atoms with Crippen molar-refractivity contribution >= 4 is 5.97 Å². The zero-order valence-corrected chi connectivity index (χ0v) is 11.8. The molecule has 0 bridgehead atoms. The van der Waals surface area contributed by atoms with Crippen LogP contribution in [0.2, 0.25) is 0 Å². The van der Waals surface area contributed by atoms with E-state index in [1.54, 1.807) is 24.7 Å². The van der Waals surface area contributed by atoms with Gasteiger partial charge >= 0.3 is 5.97 Å². The molecule has 3 aromatic rings. The Morgan fingerprint density at radius 3 is 2.64 bits per heavy atom. The lowest BCUT2D eigenvalue weighted by Gasteiger charge is -2.07. The molecule has 3 heterocycles. The van der Waals surface area contributed by atoms with E-state index in [0.29, 0.717) is 18.1 Å². The number of carboxylic acid groups (broad SMARTS) is 1. The van der Waals surface area contributed by atoms with E-state index in [1.807, 2.05) is 19.1 Å². The van der Waals surface area contributed by atoms with E-state index >= 15 is 0 Å². The fraction of sp³-hybridized carbons (Fsp3) is 0.133. The van der Waals surface area contributed by atoms with E-state index in [1.165, 1.54) is 10.7 Å². The second-order valence-electron chi connectivity index (χ2n) is 4.57. The normalized spacial score (nSPS) is 10.6. The van der Waals surface area contributed by atoms with Crippen LogP contribution in [0, 0.1) is 0 Å². The van der Waals surface area contributed by atoms with Gasteiger partial charge in [-0.1, -0.05) is 6.92 Å². The Morgan fingerprint density at radius 1 is 1.23 bits per heavy atom. The van der Waals surface area contributed by atoms with Gasteiger partial charge in [0.25, 0.3) is 0 Å². The van der Waals surface area contributed by atoms with Gasteiger partial charge in [0.2, 0.25) is 0 Å². The molecule has 0 saturated heterocycles. The molecule has 1 N–H and O–H groups in total. The molecule has 0 aliphatic heterocycles. The SMILES string of the molecule is CCc1nc(-c2ccncc2)cc(-n2ccc(C(=O)O)n2)n1. The fourth-order valence-electron chi connectivity index (χ4n) is 1.99. The molecule has 0 unspecified atom stereocenters. The molecule has 7 heteroatoms. The molecule has 0 atom stereocenters. The number of aromatic carboxylic acids is 1. The van der Waals surface area contributed by atoms with Crippen LogP contribution in [0.3, 0.4) is 0 Å². The first-order valence-electron chi connectivity index (χ1n) is 6.75. The molecule has 3 rings (SSSR count). The summed E-state index contributed by atoms with van der Waals surface area (Å²) in [7, 11) is 0. The van der Waals surface area contributed by atoms with Gasteiger partial charge in [0.05, 0.1) is 5.69 Å². The molecule has 7 nitrogen and oxygen atoms in total. The molecule has 3 aromatic heterocycles. The molecule has 0 fully saturated rings. The summed E-state index contributed by atoms with van der Waals surface area (Å²) in [6, 6.07) is 6.92. The number of hydrogen-bond acceptors (Lipinski definition) is 5. The summed E-state index contributed by atoms with van der Waals surface area (Å²) in [5.41, 5.74) is 1.64. The summed E-state index contributed by atoms with van der Waals surface area (Å²) in [4.78, 5) is 23.8. The van der Waals surface area contributed by atoms with Gasteiger partial charge in [-0.05, 0) is 18.2 Å². The van der Waals surface area contributed by atoms with Crippen LogP contribution >= 0.6 is 0 Å². The van der Waals surface area contributed by atoms with Crippen molar-refractivity contribution in [1.29, 1.82) is 0 Å². The largest absolute Gasteiger partial charge is 0.476 e. The first kappa shape index (κ1) is 13.9. The maximum absolute atomic E-state index is 10.9. The van der Waals surface area contributed by atoms with E-state index in [4.69, 9.17) is 5.11 Å². The lowest BCUT2D eigenvalue weighted by atomic mass is 10.2. The maximum Gasteiger partial charge on any atom is 0.356 e. The Kier molecular flexibility index (Phi) is 3.61. The molecule has 22 heavy (non-hydrogen) atoms. The summed E-state index contributed by atoms with van der Waals surface area (Å²) < 4.78 is 1.44. The highest BCUT2D eigenvalue weighted by atomic mass is 16.4. The predicted octanol–water partition coefficient (Wildman–Crippen LogP) is 1.98. The van der Waals surface area contributed by atoms with Crippen LogP contribution < -0.4 is 0 Å². The third-order valence-corrected chi connectivity index (χ3v) is 3.09. The summed E-state index contributed by atoms with van der Waals surface area (Å²) in [5.74, 6) is 0.126. The van der Waals surface area contributed by atoms with Crippen molar-refractivity contribution in [3.8, 4) is 17.1 Å². The smallest absolute Gasteiger partial charge is 0.356 e. The van der Waals surface area contributed by atoms with Gasteiger partial charge in [-0.25, -0.2) is 19.4 Å². The monoisotopic (exact) mass is 295 g/mol. The van der Waals surface area contributed by atoms with Crippen molar-refractivity contribution < 1.29 is 9.90 Å². The van der Waals surface area contributed by atoms with Gasteiger partial charge in [-0.15, -0.1) is 0 Å². The van der Waals surface area contributed by atoms with Crippen molar-refractivity contribution in [2.75, 3.05) is 0 Å². The minimum absolute atomic E-state index is 0.0258. The predicted molar refractivity (Wildman–Crippen MR) is 78.7 cm³/mol. The Bertz CT molecular complexity index is 814. The number of carbonyl (C=O) groups is 1. The quantitative estimate of drug-likeness (QED) is 0.791. The molecule has 0 saturated carbocycles. The van der Waals surface area contributed by atoms with Crippen LogP contribution in [0.15, 0.2) is 42.9 Å². The van der Waals surface area contributed by atoms with Gasteiger partial charge in [0.1, 0.15) is 5.82 Å². The number of carboxylic acids is 1. The third-order valence-electron chi connectivity index (χ3n) is 3.09. The molecule has 110 valence electrons. The second kappa shape index (κ2) is 5.72. The molecule has 0 aliphatic carbocycles. The zero-order valence-electron chi connectivity index (χ0n) is 11.8. The number of aromatic nitrogens is 5. The topological polar surface area (TPSA) is 93.8 Å². The van der Waals surface area contributed by atoms with Gasteiger partial charge in [0.15, 0.2) is 11.5 Å². The summed E-state index contributed by atoms with van der Waals surface area (Å²) in [6.45, 7) is 1.96. The molecule has 0 amide bonds. The third kappa shape index (κ3) is 2.69. The lowest BCUT2D eigenvalue weighted by molar-refractivity contribution is 0.0690. The molecular formula is C15H13N5O2. The number of pyridine rings is 1. The molecule has 0 aromatic carbocycles. The number of aryl methyl sites for hydroxylation is 1. The standard InChI is InChI=1S/C15H13N5O2/c1-2-13-17-12(10-3-6-16-7-4-10)9-14(18-13)20-8-5-11(19-20)15(21)22/h3-9H,2H2,1H3,(H,21,22). The van der Waals surface area contributed by atoms with E-state index in [0.717, 1.165) is 11.3 Å². The van der Waals surface area contributed by atoms with Gasteiger partial charge in [0, 0.05) is 36.6 Å². The molecular weight excluding hydrogens is 282 g/mol. The Balaban J connectivity index is 2.09. The number of hydrogen-bond donors (Lipinski definition) is 1. The van der Waals surface area contributed by atoms with Crippen LogP contribution in [-0.2, 0) is 6.42 Å². The summed E-state index contributed by atoms with van der Waals surface area (Å²) in [5, 5.41) is 13.0. The van der Waals surface area contributed by atoms with Crippen molar-refractivity contribution in [2.24, 2.45) is 0 Å². The van der Waals surface area contributed by atoms with Crippen LogP contribution in [-0.4, -0.2) is 35.8 Å². The number of rotatable bonds is 4. The molecule has 0 aliphatic rings. The minimum Gasteiger partial charge on any atom is -0.476 e. The van der Waals surface area contributed by atoms with E-state index < -0.39 is 5.97 Å². The first-order valence-corrected chi connectivity index (χ1v) is 6.75. The van der Waals surface area contributed by atoms with Crippen molar-refractivity contribution in [3.05, 3.63) is 54.4 Å². The van der Waals surface area contributed by atoms with Crippen LogP contribution in [0.4, 0.5) is 0 Å². The van der Waals surface area contributed by atoms with Gasteiger partial charge in [-0.2, -0.15) is 5.10 Å². The summed E-state index contributed by atoms with van der Waals surface area (Å²) >= 11 is 0. The number of nitrogens with zero attached hydrogens (tertiary/aromatic N) is 5. The lowest BCUT2D eigenvalue weighted by Crippen LogP contribution is -2.06. The highest BCUT2D eigenvalue weighted by Gasteiger charge is 2.11. The molecule has 0 radical (unpaired) electrons. The fourth-order valence-corrected chi connectivity index (χ4v) is 1.99. The highest BCUT2D eigenvalue weighted by molar-refractivity contribution is 5.85. The maximum atomic E-state index is 10.9. The van der Waals surface area contributed by atoms with Crippen molar-refractivity contribution in [2.45, 2.75) is 13.3 Å². The average Bonchev–Trinajstić information content (AvgIpc) is 3.05. The Labute approximate surface area is 126 Å². The average molecular weight is 295 g/mol. The van der Waals surface area contributed by atoms with Crippen LogP contribution in [0.5, 0.6) is 0 Å². The van der Waals surface area contributed by atoms with Gasteiger partial charge in [-0.3, -0.25) is 4.98 Å². The highest BCUT2D eigenvalue weighted by Crippen LogP contribution is 2.18. The van der Waals surface area contributed by atoms with Crippen molar-refractivity contribution in [3.63, 3.8) is 0 Å². The first-order chi connectivity index (χ1) is 10.7. The second-order valence-corrected chi connectivity index (χ2v) is 4.57. The van der Waals surface area contributed by atoms with E-state index in [9.17, 15) is 4.79 Å². The van der Waals surface area contributed by atoms with Gasteiger partial charge < -0.3 is 5.11 Å². The minimum atomic E-state index is -1.07. The van der Waals surface area contributed by atoms with Crippen LogP contribution in [0.25, 0.3) is 17.1 Å². The van der Waals surface area contributed by atoms with E-state index in [-0.39, 0.29) is 5.69 Å².